The number of Topliss-reactive ketones (excluding diaryl/α,β-unsaturated/α-hetero) is 1. The zero-order valence-corrected chi connectivity index (χ0v) is 23.7. The molecule has 0 saturated carbocycles. The summed E-state index contributed by atoms with van der Waals surface area (Å²) in [6, 6.07) is 7.91. The number of likely N-dealkylation sites (tertiary alicyclic amines) is 1. The molecule has 8 heteroatoms. The first-order valence-corrected chi connectivity index (χ1v) is 15.8. The van der Waals surface area contributed by atoms with Crippen LogP contribution in [0.2, 0.25) is 0 Å². The van der Waals surface area contributed by atoms with Gasteiger partial charge in [-0.2, -0.15) is 0 Å². The van der Waals surface area contributed by atoms with Gasteiger partial charge in [-0.1, -0.05) is 11.3 Å². The summed E-state index contributed by atoms with van der Waals surface area (Å²) in [7, 11) is 0. The highest BCUT2D eigenvalue weighted by Gasteiger charge is 2.29. The molecule has 0 amide bonds. The van der Waals surface area contributed by atoms with Gasteiger partial charge in [0.1, 0.15) is 12.0 Å². The van der Waals surface area contributed by atoms with Crippen LogP contribution in [0, 0.1) is 5.82 Å². The normalized spacial score (nSPS) is 20.2. The number of fused-ring (bicyclic) bond motifs is 4. The molecule has 40 heavy (non-hydrogen) atoms. The molecular weight excluding hydrogens is 526 g/mol. The number of carbonyl (C=O) groups excluding carboxylic acids is 1. The minimum Gasteiger partial charge on any atom is -0.310 e. The number of imidazole rings is 1. The second kappa shape index (κ2) is 11.0. The number of carbonyl (C=O) groups is 1. The van der Waals surface area contributed by atoms with Gasteiger partial charge in [-0.3, -0.25) is 9.20 Å². The molecule has 0 spiro atoms. The largest absolute Gasteiger partial charge is 0.310 e. The Balaban J connectivity index is 1.08. The van der Waals surface area contributed by atoms with E-state index in [2.05, 4.69) is 10.2 Å². The lowest BCUT2D eigenvalue weighted by Crippen LogP contribution is -2.35. The maximum absolute atomic E-state index is 15.7. The monoisotopic (exact) mass is 562 g/mol. The average Bonchev–Trinajstić information content (AvgIpc) is 3.76. The SMILES string of the molecule is O=C(CCCCN1CCC(F)CC1)c1ccc2c(c1)sc1nc(-c3c(F)cc([C@@H]4CCCN4)c4c3CCC4)cn12. The summed E-state index contributed by atoms with van der Waals surface area (Å²) in [5, 5.41) is 3.55. The number of aromatic nitrogens is 2. The molecule has 4 heterocycles. The minimum atomic E-state index is -0.646. The lowest BCUT2D eigenvalue weighted by atomic mass is 9.91. The molecule has 0 unspecified atom stereocenters. The number of benzene rings is 2. The van der Waals surface area contributed by atoms with Gasteiger partial charge >= 0.3 is 0 Å². The van der Waals surface area contributed by atoms with Gasteiger partial charge in [0.2, 0.25) is 0 Å². The van der Waals surface area contributed by atoms with E-state index in [9.17, 15) is 9.18 Å². The van der Waals surface area contributed by atoms with Gasteiger partial charge in [-0.25, -0.2) is 13.8 Å². The van der Waals surface area contributed by atoms with E-state index in [0.29, 0.717) is 30.5 Å². The first kappa shape index (κ1) is 26.2. The highest BCUT2D eigenvalue weighted by molar-refractivity contribution is 7.23. The number of hydrogen-bond acceptors (Lipinski definition) is 5. The molecule has 3 aliphatic rings. The number of nitrogens with zero attached hydrogens (tertiary/aromatic N) is 3. The van der Waals surface area contributed by atoms with Gasteiger partial charge in [-0.15, -0.1) is 0 Å². The number of alkyl halides is 1. The topological polar surface area (TPSA) is 49.6 Å². The van der Waals surface area contributed by atoms with Crippen LogP contribution in [0.1, 0.15) is 84.5 Å². The molecule has 210 valence electrons. The number of unbranched alkanes of at least 4 members (excludes halogenated alkanes) is 1. The van der Waals surface area contributed by atoms with Crippen molar-refractivity contribution in [2.24, 2.45) is 0 Å². The first-order chi connectivity index (χ1) is 19.5. The molecule has 1 aliphatic carbocycles. The predicted molar refractivity (Wildman–Crippen MR) is 157 cm³/mol. The molecule has 2 aromatic carbocycles. The molecule has 5 nitrogen and oxygen atoms in total. The molecule has 7 rings (SSSR count). The van der Waals surface area contributed by atoms with Crippen molar-refractivity contribution < 1.29 is 13.6 Å². The quantitative estimate of drug-likeness (QED) is 0.185. The third kappa shape index (κ3) is 4.88. The Morgan fingerprint density at radius 3 is 2.75 bits per heavy atom. The molecule has 2 saturated heterocycles. The Kier molecular flexibility index (Phi) is 7.18. The van der Waals surface area contributed by atoms with Crippen molar-refractivity contribution in [2.75, 3.05) is 26.2 Å². The van der Waals surface area contributed by atoms with Crippen LogP contribution in [0.4, 0.5) is 8.78 Å². The Bertz CT molecular complexity index is 1560. The number of nitrogens with one attached hydrogen (secondary N) is 1. The number of halogens is 2. The molecule has 0 radical (unpaired) electrons. The predicted octanol–water partition coefficient (Wildman–Crippen LogP) is 7.06. The number of hydrogen-bond donors (Lipinski definition) is 1. The summed E-state index contributed by atoms with van der Waals surface area (Å²) in [6.45, 7) is 3.59. The van der Waals surface area contributed by atoms with Crippen molar-refractivity contribution in [2.45, 2.75) is 76.4 Å². The van der Waals surface area contributed by atoms with E-state index in [1.807, 2.05) is 28.8 Å². The second-order valence-corrected chi connectivity index (χ2v) is 12.8. The lowest BCUT2D eigenvalue weighted by Gasteiger charge is -2.28. The van der Waals surface area contributed by atoms with Gasteiger partial charge in [0, 0.05) is 42.9 Å². The lowest BCUT2D eigenvalue weighted by molar-refractivity contribution is 0.0976. The summed E-state index contributed by atoms with van der Waals surface area (Å²) in [4.78, 5) is 20.9. The molecule has 2 fully saturated rings. The fourth-order valence-corrected chi connectivity index (χ4v) is 8.05. The van der Waals surface area contributed by atoms with Crippen LogP contribution in [-0.2, 0) is 12.8 Å². The minimum absolute atomic E-state index is 0.158. The van der Waals surface area contributed by atoms with Crippen molar-refractivity contribution in [1.29, 1.82) is 0 Å². The van der Waals surface area contributed by atoms with Gasteiger partial charge < -0.3 is 10.2 Å². The maximum Gasteiger partial charge on any atom is 0.195 e. The van der Waals surface area contributed by atoms with Gasteiger partial charge in [0.05, 0.1) is 15.9 Å². The van der Waals surface area contributed by atoms with Gasteiger partial charge in [0.15, 0.2) is 10.7 Å². The van der Waals surface area contributed by atoms with E-state index >= 15 is 4.39 Å². The second-order valence-electron chi connectivity index (χ2n) is 11.7. The average molecular weight is 563 g/mol. The van der Waals surface area contributed by atoms with Crippen LogP contribution in [0.3, 0.4) is 0 Å². The van der Waals surface area contributed by atoms with E-state index in [-0.39, 0.29) is 17.6 Å². The molecule has 4 aromatic rings. The Hall–Kier alpha value is -2.68. The Labute approximate surface area is 237 Å². The number of thiazole rings is 1. The van der Waals surface area contributed by atoms with E-state index in [4.69, 9.17) is 4.98 Å². The number of ketones is 1. The molecule has 2 aliphatic heterocycles. The number of rotatable bonds is 8. The van der Waals surface area contributed by atoms with Crippen molar-refractivity contribution in [3.8, 4) is 11.3 Å². The highest BCUT2D eigenvalue weighted by Crippen LogP contribution is 2.41. The smallest absolute Gasteiger partial charge is 0.195 e. The maximum atomic E-state index is 15.7. The molecule has 0 bridgehead atoms. The van der Waals surface area contributed by atoms with E-state index in [1.165, 1.54) is 5.56 Å². The third-order valence-corrected chi connectivity index (χ3v) is 10.2. The fraction of sp³-hybridized carbons (Fsp3) is 0.500. The van der Waals surface area contributed by atoms with Crippen molar-refractivity contribution in [3.63, 3.8) is 0 Å². The summed E-state index contributed by atoms with van der Waals surface area (Å²) >= 11 is 1.55. The summed E-state index contributed by atoms with van der Waals surface area (Å²) in [5.41, 5.74) is 6.70. The Morgan fingerprint density at radius 2 is 1.93 bits per heavy atom. The van der Waals surface area contributed by atoms with Gasteiger partial charge in [0.25, 0.3) is 0 Å². The summed E-state index contributed by atoms with van der Waals surface area (Å²) in [6.07, 6.45) is 10.1. The van der Waals surface area contributed by atoms with Crippen LogP contribution in [0.15, 0.2) is 30.5 Å². The summed E-state index contributed by atoms with van der Waals surface area (Å²) < 4.78 is 32.0. The zero-order valence-electron chi connectivity index (χ0n) is 22.9. The van der Waals surface area contributed by atoms with E-state index in [0.717, 1.165) is 103 Å². The standard InChI is InChI=1S/C32H36F2N4OS/c33-21-11-15-37(16-12-21)14-2-1-8-29(39)20-9-10-28-30(17-20)40-32-36-27(19-38(28)32)31-23-6-3-5-22(23)24(18-25(31)34)26-7-4-13-35-26/h9-10,17-19,21,26,35H,1-8,11-16H2/t26-/m0/s1. The van der Waals surface area contributed by atoms with Crippen molar-refractivity contribution in [1.82, 2.24) is 19.6 Å². The van der Waals surface area contributed by atoms with E-state index < -0.39 is 6.17 Å². The van der Waals surface area contributed by atoms with Crippen LogP contribution >= 0.6 is 11.3 Å². The molecule has 1 atom stereocenters. The van der Waals surface area contributed by atoms with E-state index in [1.54, 1.807) is 17.4 Å². The zero-order chi connectivity index (χ0) is 27.2. The first-order valence-electron chi connectivity index (χ1n) is 14.9. The van der Waals surface area contributed by atoms with Crippen LogP contribution in [-0.4, -0.2) is 52.4 Å². The summed E-state index contributed by atoms with van der Waals surface area (Å²) in [5.74, 6) is -0.00948. The van der Waals surface area contributed by atoms with Crippen LogP contribution in [0.5, 0.6) is 0 Å². The molecule has 1 N–H and O–H groups in total. The van der Waals surface area contributed by atoms with Crippen molar-refractivity contribution >= 4 is 32.3 Å². The van der Waals surface area contributed by atoms with Crippen molar-refractivity contribution in [3.05, 3.63) is 58.5 Å². The molecule has 2 aromatic heterocycles. The van der Waals surface area contributed by atoms with Crippen LogP contribution < -0.4 is 5.32 Å². The third-order valence-electron chi connectivity index (χ3n) is 9.14. The highest BCUT2D eigenvalue weighted by atomic mass is 32.1. The van der Waals surface area contributed by atoms with Crippen LogP contribution in [0.25, 0.3) is 26.4 Å². The van der Waals surface area contributed by atoms with Gasteiger partial charge in [-0.05, 0) is 112 Å². The number of piperidine rings is 1. The molecular formula is C32H36F2N4OS. The fourth-order valence-electron chi connectivity index (χ4n) is 7.00. The Morgan fingerprint density at radius 1 is 1.07 bits per heavy atom.